The molecular weight excluding hydrogens is 1350 g/mol. The number of fused-ring (bicyclic) bond motifs is 7. The number of nitrogens with one attached hydrogen (secondary N) is 13. The zero-order valence-corrected chi connectivity index (χ0v) is 61.6. The number of imide groups is 1. The van der Waals surface area contributed by atoms with Crippen molar-refractivity contribution in [1.29, 1.82) is 5.41 Å². The first-order valence-electron chi connectivity index (χ1n) is 35.2. The standard InChI is InChI=1S/C65H110N18O16S2/c1-12-33(4)44-54(92)78-47-56(94)76-46(35(6)14-3)61(98)82-28-18-22-41(82)52(90)71-36(20-15-25-66)49(87)80-63(99)77-45(34(5)13-2)55(93)79-58(100-101-65(47,10)11)57(95)74-40(32-85)50(88)70-37(21-16-26-69-62(67)68)48(86)73-39(31-84)51(89)72-38(30-64(7,8)9)59(96)83-29-19-24-43(83)60(97)81-27-17-23-42(81)53(91)75-44/h33-47,58,84-85H,12-32,66H2,1-11H3,(H,70,88)(H,71,90)(H,72,89)(H,73,86)(H,74,95)(H,75,91)(H,76,94)(H,78,92)(H,79,93)(H4,67,68,69)(H2,77,80,87,99)/t33-,34-,35-,36-,37-,38-,39-,40-,41-,42-,43-,44-,45-,46-,47+,58-/m0/s1. The zero-order valence-electron chi connectivity index (χ0n) is 60.0. The van der Waals surface area contributed by atoms with Gasteiger partial charge in [-0.15, -0.1) is 0 Å². The predicted molar refractivity (Wildman–Crippen MR) is 375 cm³/mol. The van der Waals surface area contributed by atoms with E-state index in [4.69, 9.17) is 16.9 Å². The molecule has 0 radical (unpaired) electrons. The number of nitrogens with two attached hydrogens (primary N) is 2. The van der Waals surface area contributed by atoms with Crippen LogP contribution in [0.5, 0.6) is 0 Å². The number of guanidine groups is 1. The average molecular weight is 1460 g/mol. The summed E-state index contributed by atoms with van der Waals surface area (Å²) in [6.45, 7) is 16.7. The Kier molecular flexibility index (Phi) is 32.2. The van der Waals surface area contributed by atoms with Crippen LogP contribution in [-0.2, 0) is 62.3 Å². The quantitative estimate of drug-likeness (QED) is 0.0322. The largest absolute Gasteiger partial charge is 0.394 e. The molecule has 0 aromatic rings. The summed E-state index contributed by atoms with van der Waals surface area (Å²) in [7, 11) is 1.33. The van der Waals surface area contributed by atoms with Crippen LogP contribution in [0, 0.1) is 28.6 Å². The second-order valence-electron chi connectivity index (χ2n) is 28.6. The molecule has 5 saturated heterocycles. The van der Waals surface area contributed by atoms with Gasteiger partial charge in [0.2, 0.25) is 65.0 Å². The van der Waals surface area contributed by atoms with Gasteiger partial charge in [0, 0.05) is 26.2 Å². The maximum Gasteiger partial charge on any atom is 0.322 e. The fourth-order valence-electron chi connectivity index (χ4n) is 12.7. The first kappa shape index (κ1) is 84.1. The molecule has 5 heterocycles. The molecule has 0 saturated carbocycles. The number of nitrogens with zero attached hydrogens (tertiary/aromatic N) is 3. The van der Waals surface area contributed by atoms with Gasteiger partial charge in [-0.05, 0) is 114 Å². The summed E-state index contributed by atoms with van der Waals surface area (Å²) in [5, 5.41) is 58.5. The van der Waals surface area contributed by atoms with E-state index in [0.717, 1.165) is 10.8 Å². The summed E-state index contributed by atoms with van der Waals surface area (Å²) < 4.78 is -1.68. The van der Waals surface area contributed by atoms with E-state index >= 15 is 19.2 Å². The normalized spacial score (nSPS) is 29.8. The average Bonchev–Trinajstić information content (AvgIpc) is 1.70. The van der Waals surface area contributed by atoms with Gasteiger partial charge in [0.05, 0.1) is 18.0 Å². The summed E-state index contributed by atoms with van der Waals surface area (Å²) in [5.74, 6) is -14.3. The molecule has 0 unspecified atom stereocenters. The van der Waals surface area contributed by atoms with Gasteiger partial charge in [-0.3, -0.25) is 73.1 Å². The molecule has 0 aromatic heterocycles. The summed E-state index contributed by atoms with van der Waals surface area (Å²) >= 11 is 0. The third-order valence-corrected chi connectivity index (χ3v) is 22.7. The number of urea groups is 1. The molecule has 568 valence electrons. The summed E-state index contributed by atoms with van der Waals surface area (Å²) in [5.41, 5.74) is 10.7. The van der Waals surface area contributed by atoms with Crippen LogP contribution in [0.2, 0.25) is 0 Å². The number of aliphatic hydroxyl groups excluding tert-OH is 2. The Bertz CT molecular complexity index is 3020. The maximum atomic E-state index is 15.6. The van der Waals surface area contributed by atoms with Gasteiger partial charge in [-0.25, -0.2) is 4.79 Å². The van der Waals surface area contributed by atoms with E-state index in [0.29, 0.717) is 36.5 Å². The minimum atomic E-state index is -1.96. The highest BCUT2D eigenvalue weighted by Gasteiger charge is 2.49. The molecule has 5 aliphatic rings. The molecule has 2 bridgehead atoms. The van der Waals surface area contributed by atoms with Crippen molar-refractivity contribution < 1.29 is 77.3 Å². The lowest BCUT2D eigenvalue weighted by Crippen LogP contribution is -2.64. The van der Waals surface area contributed by atoms with Gasteiger partial charge in [-0.2, -0.15) is 0 Å². The Labute approximate surface area is 598 Å². The topological polar surface area (TPSA) is 509 Å². The van der Waals surface area contributed by atoms with Crippen LogP contribution in [0.1, 0.15) is 166 Å². The summed E-state index contributed by atoms with van der Waals surface area (Å²) in [4.78, 5) is 210. The van der Waals surface area contributed by atoms with Crippen molar-refractivity contribution in [1.82, 2.24) is 78.5 Å². The minimum Gasteiger partial charge on any atom is -0.394 e. The second kappa shape index (κ2) is 38.6. The number of hydrogen-bond acceptors (Lipinski definition) is 20. The van der Waals surface area contributed by atoms with E-state index in [2.05, 4.69) is 63.8 Å². The van der Waals surface area contributed by atoms with E-state index in [9.17, 15) is 58.2 Å². The third-order valence-electron chi connectivity index (χ3n) is 19.2. The zero-order chi connectivity index (χ0) is 75.4. The number of amides is 15. The summed E-state index contributed by atoms with van der Waals surface area (Å²) in [6.07, 6.45) is 2.17. The molecule has 19 N–H and O–H groups in total. The molecule has 101 heavy (non-hydrogen) atoms. The highest BCUT2D eigenvalue weighted by Crippen LogP contribution is 2.41. The first-order chi connectivity index (χ1) is 47.6. The molecule has 34 nitrogen and oxygen atoms in total. The number of hydrogen-bond donors (Lipinski definition) is 17. The van der Waals surface area contributed by atoms with Gasteiger partial charge in [-0.1, -0.05) is 103 Å². The predicted octanol–water partition coefficient (Wildman–Crippen LogP) is -2.78. The van der Waals surface area contributed by atoms with Gasteiger partial charge in [0.1, 0.15) is 72.5 Å². The highest BCUT2D eigenvalue weighted by molar-refractivity contribution is 8.77. The van der Waals surface area contributed by atoms with E-state index in [1.165, 1.54) is 28.5 Å². The van der Waals surface area contributed by atoms with E-state index in [1.54, 1.807) is 62.3 Å². The van der Waals surface area contributed by atoms with Crippen molar-refractivity contribution in [2.45, 2.75) is 249 Å². The van der Waals surface area contributed by atoms with Crippen LogP contribution in [0.4, 0.5) is 4.79 Å². The summed E-state index contributed by atoms with van der Waals surface area (Å²) in [6, 6.07) is -18.8. The van der Waals surface area contributed by atoms with Crippen LogP contribution in [0.3, 0.4) is 0 Å². The van der Waals surface area contributed by atoms with Crippen molar-refractivity contribution in [2.24, 2.45) is 34.6 Å². The van der Waals surface area contributed by atoms with Crippen LogP contribution in [0.25, 0.3) is 0 Å². The van der Waals surface area contributed by atoms with Crippen molar-refractivity contribution in [2.75, 3.05) is 45.9 Å². The molecule has 5 aliphatic heterocycles. The Morgan fingerprint density at radius 1 is 0.535 bits per heavy atom. The van der Waals surface area contributed by atoms with Crippen molar-refractivity contribution in [3.63, 3.8) is 0 Å². The number of carbonyl (C=O) groups excluding carboxylic acids is 14. The molecule has 0 aliphatic carbocycles. The van der Waals surface area contributed by atoms with Gasteiger partial charge >= 0.3 is 6.03 Å². The smallest absolute Gasteiger partial charge is 0.322 e. The lowest BCUT2D eigenvalue weighted by Gasteiger charge is -2.38. The van der Waals surface area contributed by atoms with E-state index in [-0.39, 0.29) is 96.9 Å². The van der Waals surface area contributed by atoms with Gasteiger partial charge < -0.3 is 94.9 Å². The molecule has 5 fully saturated rings. The van der Waals surface area contributed by atoms with Crippen LogP contribution < -0.4 is 75.3 Å². The Hall–Kier alpha value is -7.57. The van der Waals surface area contributed by atoms with Crippen molar-refractivity contribution in [3.8, 4) is 0 Å². The molecule has 16 atom stereocenters. The van der Waals surface area contributed by atoms with Crippen LogP contribution >= 0.6 is 21.6 Å². The molecular formula is C65H110N18O16S2. The molecule has 15 amide bonds. The fourth-order valence-corrected chi connectivity index (χ4v) is 15.3. The number of rotatable bonds is 16. The fraction of sp³-hybridized carbons (Fsp3) is 0.769. The number of carbonyl (C=O) groups is 14. The molecule has 0 spiro atoms. The lowest BCUT2D eigenvalue weighted by atomic mass is 9.87. The van der Waals surface area contributed by atoms with Gasteiger partial charge in [0.25, 0.3) is 11.8 Å². The van der Waals surface area contributed by atoms with Crippen LogP contribution in [-0.4, -0.2) is 242 Å². The Balaban J connectivity index is 1.74. The minimum absolute atomic E-state index is 0.00658. The molecule has 5 rings (SSSR count). The Morgan fingerprint density at radius 3 is 1.50 bits per heavy atom. The lowest BCUT2D eigenvalue weighted by molar-refractivity contribution is -0.148. The highest BCUT2D eigenvalue weighted by atomic mass is 33.1. The van der Waals surface area contributed by atoms with Crippen molar-refractivity contribution in [3.05, 3.63) is 0 Å². The molecule has 36 heteroatoms. The second-order valence-corrected chi connectivity index (χ2v) is 31.6. The Morgan fingerprint density at radius 2 is 0.970 bits per heavy atom. The third kappa shape index (κ3) is 23.2. The first-order valence-corrected chi connectivity index (χ1v) is 37.4. The SMILES string of the molecule is CC[C@H](C)[C@@H]1NC(=O)NC(=O)[C@H](CCCN)NC(=O)[C@@H]2CCCN2C(=O)[C@H]([C@@H](C)CC)NC(=O)[C@H]2NC(=O)[C@H]([C@@H](C)CC)NC(=O)[C@@H]3CCCN3C(=O)[C@@H]3CCCN3C(=O)[C@H](CC(C)(C)C)NC(=O)[C@H](CO)NC(=O)[C@H](CCCNC(=N)N)NC(=O)[C@H](CO)NC(=O)[C@@H](NC1=O)SSC2(C)C. The van der Waals surface area contributed by atoms with Crippen LogP contribution in [0.15, 0.2) is 0 Å². The van der Waals surface area contributed by atoms with E-state index in [1.807, 2.05) is 0 Å². The van der Waals surface area contributed by atoms with Crippen molar-refractivity contribution >= 4 is 110 Å². The van der Waals surface area contributed by atoms with E-state index < -0.39 is 208 Å². The monoisotopic (exact) mass is 1460 g/mol. The number of aliphatic hydroxyl groups is 2. The molecule has 0 aromatic carbocycles. The van der Waals surface area contributed by atoms with Gasteiger partial charge in [0.15, 0.2) is 11.3 Å². The maximum absolute atomic E-state index is 15.6.